The van der Waals surface area contributed by atoms with Crippen LogP contribution in [-0.4, -0.2) is 40.8 Å². The van der Waals surface area contributed by atoms with Crippen LogP contribution in [0, 0.1) is 0 Å². The first kappa shape index (κ1) is 28.1. The molecule has 0 atom stereocenters. The molecule has 0 fully saturated rings. The molecule has 9 heteroatoms. The lowest BCUT2D eigenvalue weighted by molar-refractivity contribution is 0.0947. The van der Waals surface area contributed by atoms with Crippen LogP contribution in [0.3, 0.4) is 0 Å². The normalized spacial score (nSPS) is 11.0. The van der Waals surface area contributed by atoms with Crippen LogP contribution in [-0.2, 0) is 16.6 Å². The lowest BCUT2D eigenvalue weighted by Gasteiger charge is -2.25. The minimum absolute atomic E-state index is 0.140. The van der Waals surface area contributed by atoms with Crippen molar-refractivity contribution in [3.8, 4) is 11.5 Å². The van der Waals surface area contributed by atoms with Gasteiger partial charge in [0.05, 0.1) is 32.1 Å². The summed E-state index contributed by atoms with van der Waals surface area (Å²) in [6.07, 6.45) is 1.20. The standard InChI is InChI=1S/C30H30N2O5S2/c1-36-25-9-8-10-26(21-25)37-20-19-31-30(33)24-17-15-23(16-18-24)22-32(39(2,34)35)28-13-6-7-14-29(28)38-27-11-4-3-5-12-27/h3-18,21H,19-20,22H2,1-2H3,(H,31,33). The Bertz CT molecular complexity index is 1490. The maximum absolute atomic E-state index is 12.8. The highest BCUT2D eigenvalue weighted by Crippen LogP contribution is 2.36. The van der Waals surface area contributed by atoms with Crippen LogP contribution < -0.4 is 19.1 Å². The largest absolute Gasteiger partial charge is 0.497 e. The number of ether oxygens (including phenoxy) is 2. The van der Waals surface area contributed by atoms with Gasteiger partial charge >= 0.3 is 0 Å². The fourth-order valence-electron chi connectivity index (χ4n) is 3.80. The summed E-state index contributed by atoms with van der Waals surface area (Å²) >= 11 is 1.51. The van der Waals surface area contributed by atoms with Gasteiger partial charge in [0, 0.05) is 21.4 Å². The number of hydrogen-bond donors (Lipinski definition) is 1. The average Bonchev–Trinajstić information content (AvgIpc) is 2.95. The third kappa shape index (κ3) is 8.02. The second kappa shape index (κ2) is 13.2. The molecule has 0 unspecified atom stereocenters. The Hall–Kier alpha value is -3.95. The third-order valence-corrected chi connectivity index (χ3v) is 7.94. The Kier molecular flexibility index (Phi) is 9.51. The molecule has 7 nitrogen and oxygen atoms in total. The van der Waals surface area contributed by atoms with Crippen molar-refractivity contribution in [1.82, 2.24) is 5.32 Å². The summed E-state index contributed by atoms with van der Waals surface area (Å²) in [6.45, 7) is 0.775. The van der Waals surface area contributed by atoms with Gasteiger partial charge in [0.15, 0.2) is 0 Å². The van der Waals surface area contributed by atoms with Crippen molar-refractivity contribution in [3.63, 3.8) is 0 Å². The van der Waals surface area contributed by atoms with E-state index in [9.17, 15) is 13.2 Å². The van der Waals surface area contributed by atoms with E-state index in [1.54, 1.807) is 37.4 Å². The van der Waals surface area contributed by atoms with Crippen LogP contribution >= 0.6 is 11.8 Å². The zero-order valence-electron chi connectivity index (χ0n) is 21.7. The number of benzene rings is 4. The van der Waals surface area contributed by atoms with Gasteiger partial charge in [0.2, 0.25) is 10.0 Å². The summed E-state index contributed by atoms with van der Waals surface area (Å²) in [7, 11) is -1.99. The number of nitrogens with one attached hydrogen (secondary N) is 1. The van der Waals surface area contributed by atoms with Crippen molar-refractivity contribution in [2.24, 2.45) is 0 Å². The molecule has 1 N–H and O–H groups in total. The van der Waals surface area contributed by atoms with Gasteiger partial charge in [-0.1, -0.05) is 60.3 Å². The predicted molar refractivity (Wildman–Crippen MR) is 155 cm³/mol. The van der Waals surface area contributed by atoms with E-state index in [4.69, 9.17) is 9.47 Å². The van der Waals surface area contributed by atoms with Gasteiger partial charge in [-0.2, -0.15) is 0 Å². The quantitative estimate of drug-likeness (QED) is 0.226. The fraction of sp³-hybridized carbons (Fsp3) is 0.167. The van der Waals surface area contributed by atoms with Crippen LogP contribution in [0.25, 0.3) is 0 Å². The van der Waals surface area contributed by atoms with E-state index in [1.807, 2.05) is 72.8 Å². The first-order valence-corrected chi connectivity index (χ1v) is 14.9. The molecule has 4 aromatic carbocycles. The minimum atomic E-state index is -3.58. The molecule has 4 aromatic rings. The molecule has 39 heavy (non-hydrogen) atoms. The smallest absolute Gasteiger partial charge is 0.251 e. The number of nitrogens with zero attached hydrogens (tertiary/aromatic N) is 1. The molecule has 0 radical (unpaired) electrons. The molecular formula is C30H30N2O5S2. The number of hydrogen-bond acceptors (Lipinski definition) is 6. The van der Waals surface area contributed by atoms with E-state index in [-0.39, 0.29) is 12.5 Å². The average molecular weight is 563 g/mol. The minimum Gasteiger partial charge on any atom is -0.497 e. The number of carbonyl (C=O) groups excluding carboxylic acids is 1. The summed E-state index contributed by atoms with van der Waals surface area (Å²) in [6, 6.07) is 31.4. The molecule has 4 rings (SSSR count). The van der Waals surface area contributed by atoms with E-state index < -0.39 is 10.0 Å². The maximum atomic E-state index is 12.8. The van der Waals surface area contributed by atoms with Crippen LogP contribution in [0.1, 0.15) is 15.9 Å². The van der Waals surface area contributed by atoms with E-state index in [0.29, 0.717) is 35.9 Å². The van der Waals surface area contributed by atoms with E-state index >= 15 is 0 Å². The molecule has 0 aliphatic rings. The highest BCUT2D eigenvalue weighted by molar-refractivity contribution is 7.99. The number of para-hydroxylation sites is 1. The van der Waals surface area contributed by atoms with Crippen molar-refractivity contribution in [1.29, 1.82) is 0 Å². The van der Waals surface area contributed by atoms with Crippen molar-refractivity contribution < 1.29 is 22.7 Å². The molecule has 0 spiro atoms. The van der Waals surface area contributed by atoms with E-state index in [0.717, 1.165) is 15.4 Å². The van der Waals surface area contributed by atoms with Crippen molar-refractivity contribution in [2.45, 2.75) is 16.3 Å². The SMILES string of the molecule is COc1cccc(OCCNC(=O)c2ccc(CN(c3ccccc3Sc3ccccc3)S(C)(=O)=O)cc2)c1. The Morgan fingerprint density at radius 2 is 1.56 bits per heavy atom. The highest BCUT2D eigenvalue weighted by Gasteiger charge is 2.21. The fourth-order valence-corrected chi connectivity index (χ4v) is 5.73. The second-order valence-electron chi connectivity index (χ2n) is 8.63. The molecule has 0 saturated heterocycles. The van der Waals surface area contributed by atoms with Crippen LogP contribution in [0.5, 0.6) is 11.5 Å². The van der Waals surface area contributed by atoms with Crippen LogP contribution in [0.2, 0.25) is 0 Å². The number of methoxy groups -OCH3 is 1. The third-order valence-electron chi connectivity index (χ3n) is 5.75. The Morgan fingerprint density at radius 1 is 0.872 bits per heavy atom. The molecule has 0 aliphatic carbocycles. The van der Waals surface area contributed by atoms with Crippen LogP contribution in [0.4, 0.5) is 5.69 Å². The Balaban J connectivity index is 1.39. The summed E-state index contributed by atoms with van der Waals surface area (Å²) in [4.78, 5) is 14.4. The zero-order valence-corrected chi connectivity index (χ0v) is 23.4. The molecule has 0 aliphatic heterocycles. The molecule has 1 amide bonds. The van der Waals surface area contributed by atoms with E-state index in [1.165, 1.54) is 22.3 Å². The second-order valence-corrected chi connectivity index (χ2v) is 11.7. The number of sulfonamides is 1. The van der Waals surface area contributed by atoms with Gasteiger partial charge < -0.3 is 14.8 Å². The lowest BCUT2D eigenvalue weighted by Crippen LogP contribution is -2.30. The monoisotopic (exact) mass is 562 g/mol. The lowest BCUT2D eigenvalue weighted by atomic mass is 10.1. The predicted octanol–water partition coefficient (Wildman–Crippen LogP) is 5.62. The number of carbonyl (C=O) groups is 1. The number of rotatable bonds is 12. The van der Waals surface area contributed by atoms with Crippen LogP contribution in [0.15, 0.2) is 113 Å². The first-order valence-electron chi connectivity index (χ1n) is 12.3. The maximum Gasteiger partial charge on any atom is 0.251 e. The Labute approximate surface area is 233 Å². The summed E-state index contributed by atoms with van der Waals surface area (Å²) < 4.78 is 37.9. The van der Waals surface area contributed by atoms with Crippen molar-refractivity contribution in [3.05, 3.63) is 114 Å². The molecular weight excluding hydrogens is 532 g/mol. The highest BCUT2D eigenvalue weighted by atomic mass is 32.2. The molecule has 202 valence electrons. The number of amides is 1. The van der Waals surface area contributed by atoms with Gasteiger partial charge in [-0.15, -0.1) is 0 Å². The molecule has 0 bridgehead atoms. The molecule has 0 saturated carbocycles. The summed E-state index contributed by atoms with van der Waals surface area (Å²) in [5.74, 6) is 1.12. The van der Waals surface area contributed by atoms with E-state index in [2.05, 4.69) is 5.32 Å². The van der Waals surface area contributed by atoms with Gasteiger partial charge in [-0.05, 0) is 54.1 Å². The zero-order chi connectivity index (χ0) is 27.7. The van der Waals surface area contributed by atoms with Gasteiger partial charge in [0.1, 0.15) is 18.1 Å². The first-order chi connectivity index (χ1) is 18.8. The topological polar surface area (TPSA) is 84.9 Å². The molecule has 0 aromatic heterocycles. The summed E-state index contributed by atoms with van der Waals surface area (Å²) in [5.41, 5.74) is 1.84. The number of anilines is 1. The van der Waals surface area contributed by atoms with Crippen molar-refractivity contribution >= 4 is 33.4 Å². The van der Waals surface area contributed by atoms with Gasteiger partial charge in [0.25, 0.3) is 5.91 Å². The molecule has 0 heterocycles. The van der Waals surface area contributed by atoms with Gasteiger partial charge in [-0.3, -0.25) is 9.10 Å². The van der Waals surface area contributed by atoms with Gasteiger partial charge in [-0.25, -0.2) is 8.42 Å². The summed E-state index contributed by atoms with van der Waals surface area (Å²) in [5, 5.41) is 2.83. The Morgan fingerprint density at radius 3 is 2.28 bits per heavy atom. The van der Waals surface area contributed by atoms with Crippen molar-refractivity contribution in [2.75, 3.05) is 30.8 Å².